The molecule has 0 saturated carbocycles. The van der Waals surface area contributed by atoms with E-state index in [1.807, 2.05) is 30.3 Å². The van der Waals surface area contributed by atoms with Crippen LogP contribution in [0.25, 0.3) is 0 Å². The van der Waals surface area contributed by atoms with Crippen LogP contribution in [0.2, 0.25) is 0 Å². The van der Waals surface area contributed by atoms with Crippen molar-refractivity contribution in [1.29, 1.82) is 5.41 Å². The summed E-state index contributed by atoms with van der Waals surface area (Å²) in [5.41, 5.74) is 5.97. The molecule has 17 heavy (non-hydrogen) atoms. The standard InChI is InChI=1S/C7H8N2.C6H6O2/c8-7(9)6-4-2-1-3-5-6;7-5-2-1-3-6(8)4-5/h1-5H,(H3,8,9);1-4,7-8H. The smallest absolute Gasteiger partial charge is 0.122 e. The van der Waals surface area contributed by atoms with Crippen molar-refractivity contribution in [2.45, 2.75) is 0 Å². The number of nitrogen functional groups attached to an aromatic ring is 1. The molecular weight excluding hydrogens is 216 g/mol. The van der Waals surface area contributed by atoms with Crippen LogP contribution in [0.3, 0.4) is 0 Å². The molecular formula is C13H14N2O2. The van der Waals surface area contributed by atoms with Gasteiger partial charge in [0, 0.05) is 11.6 Å². The normalized spacial score (nSPS) is 8.94. The van der Waals surface area contributed by atoms with Gasteiger partial charge >= 0.3 is 0 Å². The Morgan fingerprint density at radius 2 is 1.41 bits per heavy atom. The molecule has 0 heterocycles. The highest BCUT2D eigenvalue weighted by Gasteiger charge is 1.89. The summed E-state index contributed by atoms with van der Waals surface area (Å²) < 4.78 is 0. The van der Waals surface area contributed by atoms with Gasteiger partial charge in [0.15, 0.2) is 0 Å². The van der Waals surface area contributed by atoms with Crippen molar-refractivity contribution < 1.29 is 10.2 Å². The van der Waals surface area contributed by atoms with Gasteiger partial charge in [-0.25, -0.2) is 0 Å². The third-order valence-electron chi connectivity index (χ3n) is 1.91. The maximum Gasteiger partial charge on any atom is 0.122 e. The quantitative estimate of drug-likeness (QED) is 0.446. The first kappa shape index (κ1) is 12.6. The molecule has 4 nitrogen and oxygen atoms in total. The molecule has 0 saturated heterocycles. The van der Waals surface area contributed by atoms with Crippen LogP contribution in [-0.2, 0) is 0 Å². The van der Waals surface area contributed by atoms with Gasteiger partial charge in [0.05, 0.1) is 0 Å². The molecule has 0 radical (unpaired) electrons. The molecule has 0 unspecified atom stereocenters. The Balaban J connectivity index is 0.000000171. The SMILES string of the molecule is N=C(N)c1ccccc1.Oc1cccc(O)c1. The van der Waals surface area contributed by atoms with E-state index in [2.05, 4.69) is 0 Å². The lowest BCUT2D eigenvalue weighted by atomic mass is 10.2. The molecule has 2 rings (SSSR count). The third kappa shape index (κ3) is 4.70. The van der Waals surface area contributed by atoms with Gasteiger partial charge < -0.3 is 15.9 Å². The summed E-state index contributed by atoms with van der Waals surface area (Å²) in [6, 6.07) is 15.1. The Bertz CT molecular complexity index is 467. The highest BCUT2D eigenvalue weighted by Crippen LogP contribution is 2.14. The summed E-state index contributed by atoms with van der Waals surface area (Å²) in [5.74, 6) is 0.297. The van der Waals surface area contributed by atoms with Crippen LogP contribution in [0.1, 0.15) is 5.56 Å². The van der Waals surface area contributed by atoms with Gasteiger partial charge in [0.2, 0.25) is 0 Å². The average Bonchev–Trinajstić information content (AvgIpc) is 2.30. The van der Waals surface area contributed by atoms with E-state index in [9.17, 15) is 0 Å². The van der Waals surface area contributed by atoms with E-state index in [1.165, 1.54) is 18.2 Å². The minimum atomic E-state index is 0.0880. The summed E-state index contributed by atoms with van der Waals surface area (Å²) in [7, 11) is 0. The van der Waals surface area contributed by atoms with Gasteiger partial charge in [-0.2, -0.15) is 0 Å². The van der Waals surface area contributed by atoms with Gasteiger partial charge in [0.1, 0.15) is 17.3 Å². The Morgan fingerprint density at radius 1 is 0.882 bits per heavy atom. The first-order chi connectivity index (χ1) is 8.09. The Labute approximate surface area is 99.5 Å². The molecule has 88 valence electrons. The van der Waals surface area contributed by atoms with E-state index >= 15 is 0 Å². The molecule has 0 aliphatic heterocycles. The molecule has 0 atom stereocenters. The highest BCUT2D eigenvalue weighted by atomic mass is 16.3. The molecule has 0 fully saturated rings. The van der Waals surface area contributed by atoms with Gasteiger partial charge in [0.25, 0.3) is 0 Å². The van der Waals surface area contributed by atoms with Crippen molar-refractivity contribution in [3.8, 4) is 11.5 Å². The topological polar surface area (TPSA) is 90.3 Å². The van der Waals surface area contributed by atoms with Gasteiger partial charge in [-0.05, 0) is 12.1 Å². The lowest BCUT2D eigenvalue weighted by molar-refractivity contribution is 0.450. The van der Waals surface area contributed by atoms with Gasteiger partial charge in [-0.3, -0.25) is 5.41 Å². The number of amidine groups is 1. The second-order valence-electron chi connectivity index (χ2n) is 3.30. The first-order valence-electron chi connectivity index (χ1n) is 4.97. The molecule has 4 heteroatoms. The maximum absolute atomic E-state index is 8.65. The number of aromatic hydroxyl groups is 2. The molecule has 0 aliphatic carbocycles. The second-order valence-corrected chi connectivity index (χ2v) is 3.30. The lowest BCUT2D eigenvalue weighted by Gasteiger charge is -1.93. The fourth-order valence-corrected chi connectivity index (χ4v) is 1.11. The molecule has 2 aromatic rings. The summed E-state index contributed by atoms with van der Waals surface area (Å²) in [6.07, 6.45) is 0. The van der Waals surface area contributed by atoms with E-state index in [-0.39, 0.29) is 17.3 Å². The van der Waals surface area contributed by atoms with Crippen LogP contribution < -0.4 is 5.73 Å². The average molecular weight is 230 g/mol. The Morgan fingerprint density at radius 3 is 1.71 bits per heavy atom. The van der Waals surface area contributed by atoms with E-state index in [0.29, 0.717) is 0 Å². The van der Waals surface area contributed by atoms with Crippen LogP contribution in [0, 0.1) is 5.41 Å². The monoisotopic (exact) mass is 230 g/mol. The molecule has 0 aliphatic rings. The zero-order valence-corrected chi connectivity index (χ0v) is 9.17. The molecule has 0 bridgehead atoms. The largest absolute Gasteiger partial charge is 0.508 e. The molecule has 0 spiro atoms. The van der Waals surface area contributed by atoms with Crippen LogP contribution in [0.4, 0.5) is 0 Å². The van der Waals surface area contributed by atoms with Crippen molar-refractivity contribution in [3.63, 3.8) is 0 Å². The van der Waals surface area contributed by atoms with Crippen LogP contribution in [0.5, 0.6) is 11.5 Å². The van der Waals surface area contributed by atoms with Crippen molar-refractivity contribution in [2.75, 3.05) is 0 Å². The highest BCUT2D eigenvalue weighted by molar-refractivity contribution is 5.94. The van der Waals surface area contributed by atoms with Crippen LogP contribution >= 0.6 is 0 Å². The fraction of sp³-hybridized carbons (Fsp3) is 0. The summed E-state index contributed by atoms with van der Waals surface area (Å²) >= 11 is 0. The van der Waals surface area contributed by atoms with E-state index in [0.717, 1.165) is 5.56 Å². The summed E-state index contributed by atoms with van der Waals surface area (Å²) in [5, 5.41) is 24.3. The number of phenols is 2. The second kappa shape index (κ2) is 6.17. The molecule has 0 amide bonds. The maximum atomic E-state index is 8.65. The van der Waals surface area contributed by atoms with Crippen molar-refractivity contribution in [2.24, 2.45) is 5.73 Å². The molecule has 5 N–H and O–H groups in total. The number of benzene rings is 2. The lowest BCUT2D eigenvalue weighted by Crippen LogP contribution is -2.10. The number of nitrogens with one attached hydrogen (secondary N) is 1. The minimum Gasteiger partial charge on any atom is -0.508 e. The van der Waals surface area contributed by atoms with E-state index in [1.54, 1.807) is 6.07 Å². The van der Waals surface area contributed by atoms with E-state index < -0.39 is 0 Å². The molecule has 2 aromatic carbocycles. The zero-order valence-electron chi connectivity index (χ0n) is 9.17. The Kier molecular flexibility index (Phi) is 4.57. The number of hydrogen-bond donors (Lipinski definition) is 4. The minimum absolute atomic E-state index is 0.0880. The third-order valence-corrected chi connectivity index (χ3v) is 1.91. The summed E-state index contributed by atoms with van der Waals surface area (Å²) in [4.78, 5) is 0. The number of nitrogens with two attached hydrogens (primary N) is 1. The van der Waals surface area contributed by atoms with Crippen LogP contribution in [0.15, 0.2) is 54.6 Å². The predicted molar refractivity (Wildman–Crippen MR) is 67.2 cm³/mol. The molecule has 0 aromatic heterocycles. The van der Waals surface area contributed by atoms with Gasteiger partial charge in [-0.1, -0.05) is 36.4 Å². The van der Waals surface area contributed by atoms with Crippen LogP contribution in [-0.4, -0.2) is 16.0 Å². The van der Waals surface area contributed by atoms with Crippen molar-refractivity contribution >= 4 is 5.84 Å². The van der Waals surface area contributed by atoms with Gasteiger partial charge in [-0.15, -0.1) is 0 Å². The predicted octanol–water partition coefficient (Wildman–Crippen LogP) is 2.07. The Hall–Kier alpha value is -2.49. The fourth-order valence-electron chi connectivity index (χ4n) is 1.11. The first-order valence-corrected chi connectivity index (χ1v) is 4.97. The number of rotatable bonds is 1. The number of phenolic OH excluding ortho intramolecular Hbond substituents is 2. The number of hydrogen-bond acceptors (Lipinski definition) is 3. The van der Waals surface area contributed by atoms with E-state index in [4.69, 9.17) is 21.4 Å². The van der Waals surface area contributed by atoms with Crippen molar-refractivity contribution in [1.82, 2.24) is 0 Å². The van der Waals surface area contributed by atoms with Crippen molar-refractivity contribution in [3.05, 3.63) is 60.2 Å². The summed E-state index contributed by atoms with van der Waals surface area (Å²) in [6.45, 7) is 0. The zero-order chi connectivity index (χ0) is 12.7.